The Balaban J connectivity index is 1.65. The second-order valence-electron chi connectivity index (χ2n) is 8.64. The van der Waals surface area contributed by atoms with Gasteiger partial charge in [0.15, 0.2) is 0 Å². The van der Waals surface area contributed by atoms with Gasteiger partial charge in [-0.1, -0.05) is 56.4 Å². The lowest BCUT2D eigenvalue weighted by Gasteiger charge is -2.43. The molecule has 0 saturated heterocycles. The molecule has 0 aromatic heterocycles. The van der Waals surface area contributed by atoms with Crippen LogP contribution >= 0.6 is 0 Å². The molecule has 4 atom stereocenters. The van der Waals surface area contributed by atoms with Crippen molar-refractivity contribution < 1.29 is 14.3 Å². The average Bonchev–Trinajstić information content (AvgIpc) is 2.72. The third-order valence-corrected chi connectivity index (χ3v) is 6.34. The first-order chi connectivity index (χ1) is 13.8. The van der Waals surface area contributed by atoms with Crippen molar-refractivity contribution in [2.45, 2.75) is 26.9 Å². The van der Waals surface area contributed by atoms with Crippen molar-refractivity contribution in [1.29, 1.82) is 0 Å². The second kappa shape index (κ2) is 9.00. The molecule has 2 aliphatic rings. The third kappa shape index (κ3) is 4.81. The summed E-state index contributed by atoms with van der Waals surface area (Å²) in [5.41, 5.74) is 2.43. The standard InChI is InChI=1S/C25H33NO3/c1-18(24(27)26(3)4)20-12-14-25(2)13-6-7-21(23(25)15-20)17-29-16-19-8-10-22(28-5)11-9-19/h6-14,18,20,23H,15-17H2,1-5H3/t18?,20-,23+,25+/m0/s1. The van der Waals surface area contributed by atoms with Crippen LogP contribution in [0, 0.1) is 23.2 Å². The van der Waals surface area contributed by atoms with Gasteiger partial charge < -0.3 is 14.4 Å². The van der Waals surface area contributed by atoms with E-state index < -0.39 is 0 Å². The van der Waals surface area contributed by atoms with Gasteiger partial charge in [-0.25, -0.2) is 0 Å². The number of carbonyl (C=O) groups excluding carboxylic acids is 1. The van der Waals surface area contributed by atoms with Crippen molar-refractivity contribution in [2.24, 2.45) is 23.2 Å². The van der Waals surface area contributed by atoms with Crippen LogP contribution in [-0.2, 0) is 16.1 Å². The summed E-state index contributed by atoms with van der Waals surface area (Å²) >= 11 is 0. The second-order valence-corrected chi connectivity index (χ2v) is 8.64. The minimum Gasteiger partial charge on any atom is -0.497 e. The first-order valence-electron chi connectivity index (χ1n) is 10.3. The normalized spacial score (nSPS) is 26.4. The van der Waals surface area contributed by atoms with Gasteiger partial charge in [0.05, 0.1) is 20.3 Å². The topological polar surface area (TPSA) is 38.8 Å². The van der Waals surface area contributed by atoms with E-state index in [0.717, 1.165) is 17.7 Å². The van der Waals surface area contributed by atoms with Gasteiger partial charge in [-0.2, -0.15) is 0 Å². The summed E-state index contributed by atoms with van der Waals surface area (Å²) in [4.78, 5) is 14.2. The number of nitrogens with zero attached hydrogens (tertiary/aromatic N) is 1. The zero-order chi connectivity index (χ0) is 21.0. The molecule has 29 heavy (non-hydrogen) atoms. The van der Waals surface area contributed by atoms with Gasteiger partial charge >= 0.3 is 0 Å². The third-order valence-electron chi connectivity index (χ3n) is 6.34. The summed E-state index contributed by atoms with van der Waals surface area (Å²) in [6.45, 7) is 5.49. The fourth-order valence-electron chi connectivity index (χ4n) is 4.39. The molecule has 1 aromatic rings. The molecule has 0 bridgehead atoms. The highest BCUT2D eigenvalue weighted by atomic mass is 16.5. The molecule has 1 aromatic carbocycles. The maximum absolute atomic E-state index is 12.5. The maximum atomic E-state index is 12.5. The number of hydrogen-bond donors (Lipinski definition) is 0. The summed E-state index contributed by atoms with van der Waals surface area (Å²) in [5, 5.41) is 0. The Morgan fingerprint density at radius 1 is 1.21 bits per heavy atom. The van der Waals surface area contributed by atoms with Crippen LogP contribution in [0.15, 0.2) is 60.2 Å². The molecule has 0 spiro atoms. The number of fused-ring (bicyclic) bond motifs is 1. The SMILES string of the molecule is COc1ccc(COCC2=CC=C[C@]3(C)C=C[C@H](C(C)C(=O)N(C)C)C[C@H]23)cc1. The van der Waals surface area contributed by atoms with Crippen LogP contribution in [0.5, 0.6) is 5.75 Å². The number of hydrogen-bond acceptors (Lipinski definition) is 3. The van der Waals surface area contributed by atoms with Crippen LogP contribution in [0.2, 0.25) is 0 Å². The first kappa shape index (κ1) is 21.4. The summed E-state index contributed by atoms with van der Waals surface area (Å²) in [5.74, 6) is 1.63. The van der Waals surface area contributed by atoms with E-state index in [4.69, 9.17) is 9.47 Å². The molecule has 3 rings (SSSR count). The number of benzene rings is 1. The zero-order valence-electron chi connectivity index (χ0n) is 18.2. The molecule has 0 fully saturated rings. The lowest BCUT2D eigenvalue weighted by Crippen LogP contribution is -2.38. The van der Waals surface area contributed by atoms with Gasteiger partial charge in [0.25, 0.3) is 0 Å². The molecule has 0 radical (unpaired) electrons. The lowest BCUT2D eigenvalue weighted by atomic mass is 9.62. The highest BCUT2D eigenvalue weighted by Crippen LogP contribution is 2.47. The van der Waals surface area contributed by atoms with E-state index in [1.807, 2.05) is 45.3 Å². The number of allylic oxidation sites excluding steroid dienone is 5. The Morgan fingerprint density at radius 3 is 2.59 bits per heavy atom. The average molecular weight is 396 g/mol. The quantitative estimate of drug-likeness (QED) is 0.632. The van der Waals surface area contributed by atoms with E-state index in [0.29, 0.717) is 19.1 Å². The number of amides is 1. The molecular formula is C25H33NO3. The Labute approximate surface area is 174 Å². The molecule has 0 heterocycles. The van der Waals surface area contributed by atoms with E-state index in [2.05, 4.69) is 37.3 Å². The minimum atomic E-state index is -0.0156. The van der Waals surface area contributed by atoms with Crippen LogP contribution in [0.1, 0.15) is 25.8 Å². The number of methoxy groups -OCH3 is 1. The summed E-state index contributed by atoms with van der Waals surface area (Å²) in [6, 6.07) is 7.98. The predicted molar refractivity (Wildman–Crippen MR) is 117 cm³/mol. The largest absolute Gasteiger partial charge is 0.497 e. The monoisotopic (exact) mass is 395 g/mol. The zero-order valence-corrected chi connectivity index (χ0v) is 18.2. The van der Waals surface area contributed by atoms with E-state index in [-0.39, 0.29) is 23.2 Å². The number of ether oxygens (including phenoxy) is 2. The molecule has 156 valence electrons. The van der Waals surface area contributed by atoms with Gasteiger partial charge in [0.2, 0.25) is 5.91 Å². The van der Waals surface area contributed by atoms with Crippen LogP contribution in [-0.4, -0.2) is 38.6 Å². The minimum absolute atomic E-state index is 0.00899. The molecule has 0 saturated carbocycles. The van der Waals surface area contributed by atoms with Crippen molar-refractivity contribution in [1.82, 2.24) is 4.90 Å². The van der Waals surface area contributed by atoms with E-state index in [1.165, 1.54) is 5.57 Å². The fraction of sp³-hybridized carbons (Fsp3) is 0.480. The van der Waals surface area contributed by atoms with Gasteiger partial charge in [-0.15, -0.1) is 0 Å². The van der Waals surface area contributed by atoms with Crippen molar-refractivity contribution in [2.75, 3.05) is 27.8 Å². The predicted octanol–water partition coefficient (Wildman–Crippen LogP) is 4.63. The van der Waals surface area contributed by atoms with Gasteiger partial charge in [-0.05, 0) is 41.5 Å². The summed E-state index contributed by atoms with van der Waals surface area (Å²) in [6.07, 6.45) is 12.1. The molecule has 1 unspecified atom stereocenters. The fourth-order valence-corrected chi connectivity index (χ4v) is 4.39. The van der Waals surface area contributed by atoms with Crippen LogP contribution < -0.4 is 4.74 Å². The Kier molecular flexibility index (Phi) is 6.63. The smallest absolute Gasteiger partial charge is 0.225 e. The molecule has 4 heteroatoms. The Hall–Kier alpha value is -2.33. The molecule has 1 amide bonds. The molecule has 2 aliphatic carbocycles. The molecule has 4 nitrogen and oxygen atoms in total. The van der Waals surface area contributed by atoms with E-state index in [1.54, 1.807) is 12.0 Å². The van der Waals surface area contributed by atoms with E-state index >= 15 is 0 Å². The Bertz CT molecular complexity index is 806. The van der Waals surface area contributed by atoms with Gasteiger partial charge in [0, 0.05) is 25.4 Å². The number of rotatable bonds is 7. The van der Waals surface area contributed by atoms with Crippen molar-refractivity contribution in [3.63, 3.8) is 0 Å². The number of carbonyl (C=O) groups is 1. The Morgan fingerprint density at radius 2 is 1.93 bits per heavy atom. The van der Waals surface area contributed by atoms with Crippen LogP contribution in [0.3, 0.4) is 0 Å². The highest BCUT2D eigenvalue weighted by molar-refractivity contribution is 5.78. The highest BCUT2D eigenvalue weighted by Gasteiger charge is 2.40. The molecule has 0 N–H and O–H groups in total. The van der Waals surface area contributed by atoms with Gasteiger partial charge in [-0.3, -0.25) is 4.79 Å². The lowest BCUT2D eigenvalue weighted by molar-refractivity contribution is -0.133. The summed E-state index contributed by atoms with van der Waals surface area (Å²) in [7, 11) is 5.33. The van der Waals surface area contributed by atoms with Crippen molar-refractivity contribution in [3.05, 3.63) is 65.8 Å². The van der Waals surface area contributed by atoms with Gasteiger partial charge in [0.1, 0.15) is 5.75 Å². The van der Waals surface area contributed by atoms with Crippen LogP contribution in [0.25, 0.3) is 0 Å². The molecule has 0 aliphatic heterocycles. The summed E-state index contributed by atoms with van der Waals surface area (Å²) < 4.78 is 11.3. The van der Waals surface area contributed by atoms with E-state index in [9.17, 15) is 4.79 Å². The maximum Gasteiger partial charge on any atom is 0.225 e. The van der Waals surface area contributed by atoms with Crippen molar-refractivity contribution >= 4 is 5.91 Å². The molecular weight excluding hydrogens is 362 g/mol. The van der Waals surface area contributed by atoms with Crippen molar-refractivity contribution in [3.8, 4) is 5.75 Å². The van der Waals surface area contributed by atoms with Crippen LogP contribution in [0.4, 0.5) is 0 Å². The first-order valence-corrected chi connectivity index (χ1v) is 10.3.